The lowest BCUT2D eigenvalue weighted by atomic mass is 10.1. The maximum absolute atomic E-state index is 12.6. The number of carbonyl (C=O) groups is 1. The van der Waals surface area contributed by atoms with Gasteiger partial charge in [0.1, 0.15) is 11.4 Å². The number of aromatic nitrogens is 2. The molecule has 34 heavy (non-hydrogen) atoms. The SMILES string of the molecule is Cc1nn(Cc2ccc(C(=O)NCc3ccc(CN4CCCCC4)cc3)cc2)c(C)c1[N+](=O)[O-]. The molecule has 1 aliphatic heterocycles. The molecule has 0 radical (unpaired) electrons. The summed E-state index contributed by atoms with van der Waals surface area (Å²) in [7, 11) is 0. The van der Waals surface area contributed by atoms with E-state index in [1.165, 1.54) is 37.9 Å². The Hall–Kier alpha value is -3.52. The van der Waals surface area contributed by atoms with Gasteiger partial charge in [0.2, 0.25) is 0 Å². The highest BCUT2D eigenvalue weighted by Gasteiger charge is 2.21. The standard InChI is InChI=1S/C26H31N5O3/c1-19-25(31(33)34)20(2)30(28-19)18-23-10-12-24(13-11-23)26(32)27-16-21-6-8-22(9-7-21)17-29-14-4-3-5-15-29/h6-13H,3-5,14-18H2,1-2H3,(H,27,32). The molecule has 0 spiro atoms. The predicted molar refractivity (Wildman–Crippen MR) is 131 cm³/mol. The van der Waals surface area contributed by atoms with E-state index in [9.17, 15) is 14.9 Å². The van der Waals surface area contributed by atoms with Gasteiger partial charge in [-0.05, 0) is 68.6 Å². The van der Waals surface area contributed by atoms with Gasteiger partial charge in [0.05, 0.1) is 11.5 Å². The Morgan fingerprint density at radius 3 is 2.15 bits per heavy atom. The van der Waals surface area contributed by atoms with Crippen molar-refractivity contribution in [3.05, 3.63) is 92.3 Å². The molecule has 1 aliphatic rings. The lowest BCUT2D eigenvalue weighted by Gasteiger charge is -2.26. The largest absolute Gasteiger partial charge is 0.348 e. The fourth-order valence-corrected chi connectivity index (χ4v) is 4.46. The van der Waals surface area contributed by atoms with Gasteiger partial charge in [0.25, 0.3) is 5.91 Å². The van der Waals surface area contributed by atoms with E-state index in [-0.39, 0.29) is 11.6 Å². The van der Waals surface area contributed by atoms with Crippen LogP contribution in [0.5, 0.6) is 0 Å². The summed E-state index contributed by atoms with van der Waals surface area (Å²) in [5.74, 6) is -0.134. The molecule has 1 saturated heterocycles. The average Bonchev–Trinajstić information content (AvgIpc) is 3.12. The summed E-state index contributed by atoms with van der Waals surface area (Å²) in [6.45, 7) is 7.56. The molecule has 178 valence electrons. The third-order valence-corrected chi connectivity index (χ3v) is 6.41. The van der Waals surface area contributed by atoms with Crippen molar-refractivity contribution in [2.24, 2.45) is 0 Å². The van der Waals surface area contributed by atoms with E-state index in [0.717, 1.165) is 17.7 Å². The molecule has 2 aromatic carbocycles. The second kappa shape index (κ2) is 10.6. The van der Waals surface area contributed by atoms with Crippen LogP contribution in [0.25, 0.3) is 0 Å². The number of amides is 1. The van der Waals surface area contributed by atoms with Gasteiger partial charge in [0.15, 0.2) is 0 Å². The molecule has 1 aromatic heterocycles. The van der Waals surface area contributed by atoms with E-state index < -0.39 is 4.92 Å². The molecule has 0 unspecified atom stereocenters. The summed E-state index contributed by atoms with van der Waals surface area (Å²) >= 11 is 0. The van der Waals surface area contributed by atoms with Gasteiger partial charge in [-0.3, -0.25) is 24.5 Å². The minimum Gasteiger partial charge on any atom is -0.348 e. The fraction of sp³-hybridized carbons (Fsp3) is 0.385. The normalized spacial score (nSPS) is 14.2. The maximum Gasteiger partial charge on any atom is 0.312 e. The first kappa shape index (κ1) is 23.6. The monoisotopic (exact) mass is 461 g/mol. The van der Waals surface area contributed by atoms with E-state index in [0.29, 0.717) is 30.0 Å². The molecule has 0 saturated carbocycles. The number of nitro groups is 1. The summed E-state index contributed by atoms with van der Waals surface area (Å²) in [4.78, 5) is 25.9. The number of hydrogen-bond donors (Lipinski definition) is 1. The molecule has 8 nitrogen and oxygen atoms in total. The number of benzene rings is 2. The van der Waals surface area contributed by atoms with Gasteiger partial charge < -0.3 is 5.32 Å². The summed E-state index contributed by atoms with van der Waals surface area (Å²) in [6, 6.07) is 15.7. The van der Waals surface area contributed by atoms with Crippen molar-refractivity contribution in [3.63, 3.8) is 0 Å². The molecule has 4 rings (SSSR count). The van der Waals surface area contributed by atoms with Gasteiger partial charge in [0, 0.05) is 18.7 Å². The first-order valence-corrected chi connectivity index (χ1v) is 11.8. The molecule has 1 amide bonds. The molecular weight excluding hydrogens is 430 g/mol. The van der Waals surface area contributed by atoms with Crippen LogP contribution in [0.4, 0.5) is 5.69 Å². The van der Waals surface area contributed by atoms with Crippen LogP contribution >= 0.6 is 0 Å². The zero-order valence-electron chi connectivity index (χ0n) is 19.8. The van der Waals surface area contributed by atoms with E-state index in [2.05, 4.69) is 39.6 Å². The first-order valence-electron chi connectivity index (χ1n) is 11.8. The second-order valence-corrected chi connectivity index (χ2v) is 8.97. The molecule has 2 heterocycles. The van der Waals surface area contributed by atoms with Crippen molar-refractivity contribution in [1.82, 2.24) is 20.0 Å². The van der Waals surface area contributed by atoms with Crippen molar-refractivity contribution in [1.29, 1.82) is 0 Å². The topological polar surface area (TPSA) is 93.3 Å². The van der Waals surface area contributed by atoms with Gasteiger partial charge in [-0.25, -0.2) is 0 Å². The first-order chi connectivity index (χ1) is 16.4. The third-order valence-electron chi connectivity index (χ3n) is 6.41. The molecule has 1 N–H and O–H groups in total. The predicted octanol–water partition coefficient (Wildman–Crippen LogP) is 4.37. The van der Waals surface area contributed by atoms with Crippen molar-refractivity contribution in [2.45, 2.75) is 52.7 Å². The summed E-state index contributed by atoms with van der Waals surface area (Å²) < 4.78 is 1.62. The molecule has 8 heteroatoms. The summed E-state index contributed by atoms with van der Waals surface area (Å²) in [5, 5.41) is 18.5. The van der Waals surface area contributed by atoms with Crippen molar-refractivity contribution >= 4 is 11.6 Å². The molecular formula is C26H31N5O3. The number of nitrogens with zero attached hydrogens (tertiary/aromatic N) is 4. The average molecular weight is 462 g/mol. The van der Waals surface area contributed by atoms with Gasteiger partial charge in [-0.2, -0.15) is 5.10 Å². The van der Waals surface area contributed by atoms with Crippen LogP contribution in [-0.4, -0.2) is 38.6 Å². The molecule has 1 fully saturated rings. The number of likely N-dealkylation sites (tertiary alicyclic amines) is 1. The second-order valence-electron chi connectivity index (χ2n) is 8.97. The Labute approximate surface area is 199 Å². The Kier molecular flexibility index (Phi) is 7.37. The number of piperidine rings is 1. The number of rotatable bonds is 8. The van der Waals surface area contributed by atoms with Gasteiger partial charge >= 0.3 is 5.69 Å². The summed E-state index contributed by atoms with van der Waals surface area (Å²) in [6.07, 6.45) is 3.92. The van der Waals surface area contributed by atoms with Crippen molar-refractivity contribution in [2.75, 3.05) is 13.1 Å². The third kappa shape index (κ3) is 5.69. The molecule has 3 aromatic rings. The van der Waals surface area contributed by atoms with Crippen LogP contribution in [0.3, 0.4) is 0 Å². The quantitative estimate of drug-likeness (QED) is 0.397. The Morgan fingerprint density at radius 2 is 1.53 bits per heavy atom. The Morgan fingerprint density at radius 1 is 0.941 bits per heavy atom. The zero-order valence-corrected chi connectivity index (χ0v) is 19.8. The summed E-state index contributed by atoms with van der Waals surface area (Å²) in [5.41, 5.74) is 4.84. The lowest BCUT2D eigenvalue weighted by Crippen LogP contribution is -2.29. The molecule has 0 atom stereocenters. The van der Waals surface area contributed by atoms with E-state index in [4.69, 9.17) is 0 Å². The number of carbonyl (C=O) groups excluding carboxylic acids is 1. The maximum atomic E-state index is 12.6. The highest BCUT2D eigenvalue weighted by atomic mass is 16.6. The highest BCUT2D eigenvalue weighted by Crippen LogP contribution is 2.22. The minimum absolute atomic E-state index is 0.0514. The lowest BCUT2D eigenvalue weighted by molar-refractivity contribution is -0.386. The Balaban J connectivity index is 1.30. The number of nitrogens with one attached hydrogen (secondary N) is 1. The van der Waals surface area contributed by atoms with Gasteiger partial charge in [-0.1, -0.05) is 42.8 Å². The van der Waals surface area contributed by atoms with Crippen molar-refractivity contribution < 1.29 is 9.72 Å². The number of aryl methyl sites for hydroxylation is 1. The van der Waals surface area contributed by atoms with E-state index >= 15 is 0 Å². The number of hydrogen-bond acceptors (Lipinski definition) is 5. The Bertz CT molecular complexity index is 1150. The van der Waals surface area contributed by atoms with Crippen LogP contribution in [0.2, 0.25) is 0 Å². The van der Waals surface area contributed by atoms with E-state index in [1.54, 1.807) is 30.7 Å². The fourth-order valence-electron chi connectivity index (χ4n) is 4.46. The highest BCUT2D eigenvalue weighted by molar-refractivity contribution is 5.94. The van der Waals surface area contributed by atoms with Crippen LogP contribution in [0.15, 0.2) is 48.5 Å². The molecule has 0 aliphatic carbocycles. The van der Waals surface area contributed by atoms with Crippen LogP contribution in [0.1, 0.15) is 57.7 Å². The van der Waals surface area contributed by atoms with Crippen LogP contribution in [-0.2, 0) is 19.6 Å². The van der Waals surface area contributed by atoms with Gasteiger partial charge in [-0.15, -0.1) is 0 Å². The van der Waals surface area contributed by atoms with Crippen LogP contribution < -0.4 is 5.32 Å². The van der Waals surface area contributed by atoms with E-state index in [1.807, 2.05) is 12.1 Å². The van der Waals surface area contributed by atoms with Crippen molar-refractivity contribution in [3.8, 4) is 0 Å². The molecule has 0 bridgehead atoms. The van der Waals surface area contributed by atoms with Crippen LogP contribution in [0, 0.1) is 24.0 Å². The smallest absolute Gasteiger partial charge is 0.312 e. The minimum atomic E-state index is -0.399. The zero-order chi connectivity index (χ0) is 24.1.